The fourth-order valence-corrected chi connectivity index (χ4v) is 5.10. The van der Waals surface area contributed by atoms with E-state index in [9.17, 15) is 9.59 Å². The van der Waals surface area contributed by atoms with E-state index in [1.165, 1.54) is 18.4 Å². The molecule has 0 aliphatic heterocycles. The number of aromatic nitrogens is 2. The maximum Gasteiger partial charge on any atom is 0.337 e. The molecule has 6 nitrogen and oxygen atoms in total. The van der Waals surface area contributed by atoms with Gasteiger partial charge in [-0.15, -0.1) is 0 Å². The first kappa shape index (κ1) is 21.7. The van der Waals surface area contributed by atoms with E-state index >= 15 is 0 Å². The van der Waals surface area contributed by atoms with Gasteiger partial charge in [0.05, 0.1) is 39.7 Å². The number of rotatable bonds is 4. The van der Waals surface area contributed by atoms with E-state index in [0.717, 1.165) is 32.4 Å². The monoisotopic (exact) mass is 467 g/mol. The van der Waals surface area contributed by atoms with Crippen molar-refractivity contribution in [2.75, 3.05) is 7.11 Å². The normalized spacial score (nSPS) is 11.8. The van der Waals surface area contributed by atoms with Gasteiger partial charge in [-0.25, -0.2) is 9.78 Å². The zero-order chi connectivity index (χ0) is 23.7. The number of amides is 1. The Morgan fingerprint density at radius 2 is 1.76 bits per heavy atom. The quantitative estimate of drug-likeness (QED) is 0.329. The van der Waals surface area contributed by atoms with Crippen LogP contribution in [0.15, 0.2) is 83.9 Å². The summed E-state index contributed by atoms with van der Waals surface area (Å²) in [7, 11) is 1.36. The van der Waals surface area contributed by atoms with Crippen molar-refractivity contribution in [1.82, 2.24) is 9.55 Å². The molecule has 3 aromatic carbocycles. The molecule has 0 saturated carbocycles. The number of carbonyl (C=O) groups excluding carboxylic acids is 2. The van der Waals surface area contributed by atoms with Crippen LogP contribution in [0.5, 0.6) is 0 Å². The highest BCUT2D eigenvalue weighted by atomic mass is 32.1. The average Bonchev–Trinajstić information content (AvgIpc) is 3.23. The van der Waals surface area contributed by atoms with Gasteiger partial charge in [0, 0.05) is 17.5 Å². The molecule has 0 fully saturated rings. The molecule has 5 rings (SSSR count). The maximum absolute atomic E-state index is 13.5. The van der Waals surface area contributed by atoms with Crippen LogP contribution in [0.2, 0.25) is 0 Å². The highest BCUT2D eigenvalue weighted by Crippen LogP contribution is 2.26. The van der Waals surface area contributed by atoms with Gasteiger partial charge in [0.2, 0.25) is 0 Å². The van der Waals surface area contributed by atoms with E-state index in [1.807, 2.05) is 78.2 Å². The van der Waals surface area contributed by atoms with Crippen molar-refractivity contribution < 1.29 is 14.3 Å². The van der Waals surface area contributed by atoms with Crippen LogP contribution in [-0.4, -0.2) is 28.5 Å². The number of fused-ring (bicyclic) bond motifs is 2. The Hall–Kier alpha value is -4.10. The summed E-state index contributed by atoms with van der Waals surface area (Å²) in [4.78, 5) is 35.3. The number of thiazole rings is 1. The van der Waals surface area contributed by atoms with E-state index in [2.05, 4.69) is 4.99 Å². The SMILES string of the molecule is CCn1c(=NC(=O)c2cc(-c3ccccc3)nc3ccccc23)sc2cc(C(=O)OC)ccc21. The fourth-order valence-electron chi connectivity index (χ4n) is 3.97. The lowest BCUT2D eigenvalue weighted by molar-refractivity contribution is 0.0601. The summed E-state index contributed by atoms with van der Waals surface area (Å²) in [6.07, 6.45) is 0. The second-order valence-electron chi connectivity index (χ2n) is 7.66. The molecular formula is C27H21N3O3S. The lowest BCUT2D eigenvalue weighted by Gasteiger charge is -2.07. The van der Waals surface area contributed by atoms with Crippen LogP contribution in [0.3, 0.4) is 0 Å². The molecule has 7 heteroatoms. The molecule has 0 bridgehead atoms. The molecule has 5 aromatic rings. The minimum atomic E-state index is -0.399. The number of nitrogens with zero attached hydrogens (tertiary/aromatic N) is 3. The van der Waals surface area contributed by atoms with E-state index in [4.69, 9.17) is 9.72 Å². The molecule has 0 N–H and O–H groups in total. The van der Waals surface area contributed by atoms with Crippen molar-refractivity contribution in [2.24, 2.45) is 4.99 Å². The van der Waals surface area contributed by atoms with Gasteiger partial charge in [0.25, 0.3) is 5.91 Å². The number of hydrogen-bond acceptors (Lipinski definition) is 5. The third kappa shape index (κ3) is 3.91. The standard InChI is InChI=1S/C27H21N3O3S/c1-3-30-23-14-13-18(26(32)33-2)15-24(23)34-27(30)29-25(31)20-16-22(17-9-5-4-6-10-17)28-21-12-8-7-11-19(20)21/h4-16H,3H2,1-2H3. The molecule has 0 spiro atoms. The lowest BCUT2D eigenvalue weighted by Crippen LogP contribution is -2.16. The highest BCUT2D eigenvalue weighted by Gasteiger charge is 2.15. The van der Waals surface area contributed by atoms with Gasteiger partial charge in [-0.2, -0.15) is 4.99 Å². The van der Waals surface area contributed by atoms with Crippen LogP contribution in [0, 0.1) is 0 Å². The summed E-state index contributed by atoms with van der Waals surface area (Å²) in [5.74, 6) is -0.734. The number of hydrogen-bond donors (Lipinski definition) is 0. The second-order valence-corrected chi connectivity index (χ2v) is 8.67. The number of methoxy groups -OCH3 is 1. The van der Waals surface area contributed by atoms with Gasteiger partial charge in [0.1, 0.15) is 0 Å². The zero-order valence-corrected chi connectivity index (χ0v) is 19.5. The van der Waals surface area contributed by atoms with E-state index in [0.29, 0.717) is 22.5 Å². The first-order valence-electron chi connectivity index (χ1n) is 10.8. The van der Waals surface area contributed by atoms with Gasteiger partial charge in [-0.1, -0.05) is 59.9 Å². The molecule has 2 heterocycles. The molecular weight excluding hydrogens is 446 g/mol. The number of benzene rings is 3. The number of ether oxygens (including phenoxy) is 1. The first-order valence-corrected chi connectivity index (χ1v) is 11.7. The molecule has 0 unspecified atom stereocenters. The van der Waals surface area contributed by atoms with E-state index in [1.54, 1.807) is 12.1 Å². The molecule has 2 aromatic heterocycles. The summed E-state index contributed by atoms with van der Waals surface area (Å²) in [6, 6.07) is 24.5. The van der Waals surface area contributed by atoms with Gasteiger partial charge >= 0.3 is 5.97 Å². The average molecular weight is 468 g/mol. The van der Waals surface area contributed by atoms with Gasteiger partial charge in [-0.3, -0.25) is 4.79 Å². The van der Waals surface area contributed by atoms with Crippen LogP contribution in [0.4, 0.5) is 0 Å². The van der Waals surface area contributed by atoms with Crippen molar-refractivity contribution in [1.29, 1.82) is 0 Å². The molecule has 0 radical (unpaired) electrons. The minimum absolute atomic E-state index is 0.335. The largest absolute Gasteiger partial charge is 0.465 e. The Morgan fingerprint density at radius 1 is 1.00 bits per heavy atom. The number of esters is 1. The number of carbonyl (C=O) groups is 2. The Bertz CT molecular complexity index is 1620. The summed E-state index contributed by atoms with van der Waals surface area (Å²) in [5, 5.41) is 0.757. The van der Waals surface area contributed by atoms with Crippen LogP contribution in [-0.2, 0) is 11.3 Å². The number of pyridine rings is 1. The fraction of sp³-hybridized carbons (Fsp3) is 0.111. The minimum Gasteiger partial charge on any atom is -0.465 e. The van der Waals surface area contributed by atoms with Crippen LogP contribution < -0.4 is 4.80 Å². The van der Waals surface area contributed by atoms with Crippen molar-refractivity contribution in [3.8, 4) is 11.3 Å². The van der Waals surface area contributed by atoms with E-state index < -0.39 is 5.97 Å². The molecule has 34 heavy (non-hydrogen) atoms. The number of aryl methyl sites for hydroxylation is 1. The Balaban J connectivity index is 1.67. The highest BCUT2D eigenvalue weighted by molar-refractivity contribution is 7.16. The maximum atomic E-state index is 13.5. The Morgan fingerprint density at radius 3 is 2.53 bits per heavy atom. The second kappa shape index (κ2) is 9.03. The molecule has 0 aliphatic carbocycles. The smallest absolute Gasteiger partial charge is 0.337 e. The van der Waals surface area contributed by atoms with Crippen molar-refractivity contribution >= 4 is 44.3 Å². The summed E-state index contributed by atoms with van der Waals surface area (Å²) in [6.45, 7) is 2.63. The summed E-state index contributed by atoms with van der Waals surface area (Å²) >= 11 is 1.37. The first-order chi connectivity index (χ1) is 16.6. The van der Waals surface area contributed by atoms with Crippen molar-refractivity contribution in [3.63, 3.8) is 0 Å². The Kier molecular flexibility index (Phi) is 5.77. The molecule has 1 amide bonds. The zero-order valence-electron chi connectivity index (χ0n) is 18.7. The summed E-state index contributed by atoms with van der Waals surface area (Å²) in [5.41, 5.74) is 4.27. The van der Waals surface area contributed by atoms with Crippen molar-refractivity contribution in [2.45, 2.75) is 13.5 Å². The number of para-hydroxylation sites is 1. The molecule has 168 valence electrons. The lowest BCUT2D eigenvalue weighted by atomic mass is 10.0. The van der Waals surface area contributed by atoms with Crippen molar-refractivity contribution in [3.05, 3.63) is 94.8 Å². The molecule has 0 atom stereocenters. The van der Waals surface area contributed by atoms with Gasteiger partial charge < -0.3 is 9.30 Å². The topological polar surface area (TPSA) is 73.5 Å². The van der Waals surface area contributed by atoms with Crippen LogP contribution >= 0.6 is 11.3 Å². The van der Waals surface area contributed by atoms with Gasteiger partial charge in [0.15, 0.2) is 4.80 Å². The Labute approximate surface area is 199 Å². The predicted molar refractivity (Wildman–Crippen MR) is 134 cm³/mol. The third-order valence-corrected chi connectivity index (χ3v) is 6.67. The van der Waals surface area contributed by atoms with Crippen LogP contribution in [0.1, 0.15) is 27.6 Å². The van der Waals surface area contributed by atoms with Crippen LogP contribution in [0.25, 0.3) is 32.4 Å². The molecule has 0 saturated heterocycles. The van der Waals surface area contributed by atoms with Gasteiger partial charge in [-0.05, 0) is 37.3 Å². The summed E-state index contributed by atoms with van der Waals surface area (Å²) < 4.78 is 7.67. The molecule has 0 aliphatic rings. The predicted octanol–water partition coefficient (Wildman–Crippen LogP) is 5.47. The third-order valence-electron chi connectivity index (χ3n) is 5.63. The van der Waals surface area contributed by atoms with E-state index in [-0.39, 0.29) is 5.91 Å².